The first-order chi connectivity index (χ1) is 14.1. The Morgan fingerprint density at radius 1 is 1.30 bits per heavy atom. The van der Waals surface area contributed by atoms with E-state index in [-0.39, 0.29) is 36.0 Å². The Morgan fingerprint density at radius 2 is 2.03 bits per heavy atom. The van der Waals surface area contributed by atoms with Gasteiger partial charge in [0.1, 0.15) is 11.9 Å². The summed E-state index contributed by atoms with van der Waals surface area (Å²) in [5.74, 6) is 1.78. The zero-order valence-electron chi connectivity index (χ0n) is 17.7. The molecule has 9 heteroatoms. The Balaban J connectivity index is 0.00000320. The number of hydrogen-bond donors (Lipinski definition) is 1. The van der Waals surface area contributed by atoms with Crippen LogP contribution in [0.4, 0.5) is 0 Å². The van der Waals surface area contributed by atoms with E-state index in [2.05, 4.69) is 17.1 Å². The second-order valence-electron chi connectivity index (χ2n) is 7.26. The number of carbonyl (C=O) groups excluding carboxylic acids is 1. The van der Waals surface area contributed by atoms with E-state index >= 15 is 0 Å². The maximum Gasteiger partial charge on any atom is 0.251 e. The molecule has 1 unspecified atom stereocenters. The van der Waals surface area contributed by atoms with Crippen molar-refractivity contribution in [3.63, 3.8) is 0 Å². The van der Waals surface area contributed by atoms with Gasteiger partial charge in [-0.3, -0.25) is 9.79 Å². The number of hydrogen-bond acceptors (Lipinski definition) is 4. The highest BCUT2D eigenvalue weighted by Gasteiger charge is 2.30. The van der Waals surface area contributed by atoms with Crippen LogP contribution < -0.4 is 10.1 Å². The Hall–Kier alpha value is -1.26. The van der Waals surface area contributed by atoms with Crippen LogP contribution in [0.1, 0.15) is 25.3 Å². The number of amides is 1. The smallest absolute Gasteiger partial charge is 0.251 e. The van der Waals surface area contributed by atoms with Crippen LogP contribution in [0.5, 0.6) is 5.75 Å². The average Bonchev–Trinajstić information content (AvgIpc) is 3.28. The standard InChI is InChI=1S/C21H31ClN4O3.HI/c1-3-23-21(24-9-8-16-6-7-17(28-2)15-18(16)22)26-12-10-25(11-13-26)20(27)19-5-4-14-29-19;/h6-7,15,19H,3-5,8-14H2,1-2H3,(H,23,24);1H. The van der Waals surface area contributed by atoms with Crippen molar-refractivity contribution in [2.45, 2.75) is 32.3 Å². The number of nitrogens with zero attached hydrogens (tertiary/aromatic N) is 3. The second kappa shape index (κ2) is 12.6. The third-order valence-electron chi connectivity index (χ3n) is 5.33. The second-order valence-corrected chi connectivity index (χ2v) is 7.66. The largest absolute Gasteiger partial charge is 0.497 e. The Bertz CT molecular complexity index is 720. The van der Waals surface area contributed by atoms with Crippen LogP contribution in [0.15, 0.2) is 23.2 Å². The lowest BCUT2D eigenvalue weighted by Crippen LogP contribution is -2.55. The number of guanidine groups is 1. The molecule has 0 saturated carbocycles. The number of aliphatic imine (C=N–C) groups is 1. The van der Waals surface area contributed by atoms with Gasteiger partial charge in [-0.2, -0.15) is 0 Å². The van der Waals surface area contributed by atoms with Crippen molar-refractivity contribution in [3.05, 3.63) is 28.8 Å². The Morgan fingerprint density at radius 3 is 2.63 bits per heavy atom. The molecule has 1 aromatic carbocycles. The Kier molecular flexibility index (Phi) is 10.5. The summed E-state index contributed by atoms with van der Waals surface area (Å²) >= 11 is 6.33. The van der Waals surface area contributed by atoms with Gasteiger partial charge in [0, 0.05) is 50.9 Å². The van der Waals surface area contributed by atoms with Crippen LogP contribution >= 0.6 is 35.6 Å². The summed E-state index contributed by atoms with van der Waals surface area (Å²) in [5.41, 5.74) is 1.05. The zero-order chi connectivity index (χ0) is 20.6. The van der Waals surface area contributed by atoms with Gasteiger partial charge < -0.3 is 24.6 Å². The number of benzene rings is 1. The minimum absolute atomic E-state index is 0. The fraction of sp³-hybridized carbons (Fsp3) is 0.619. The molecule has 0 aliphatic carbocycles. The molecule has 1 amide bonds. The molecule has 2 aliphatic heterocycles. The summed E-state index contributed by atoms with van der Waals surface area (Å²) < 4.78 is 10.7. The van der Waals surface area contributed by atoms with Crippen molar-refractivity contribution >= 4 is 47.4 Å². The van der Waals surface area contributed by atoms with Crippen molar-refractivity contribution in [2.75, 3.05) is 53.0 Å². The monoisotopic (exact) mass is 550 g/mol. The van der Waals surface area contributed by atoms with Crippen molar-refractivity contribution in [1.82, 2.24) is 15.1 Å². The van der Waals surface area contributed by atoms with Crippen molar-refractivity contribution in [2.24, 2.45) is 4.99 Å². The number of halogens is 2. The molecular formula is C21H32ClIN4O3. The van der Waals surface area contributed by atoms with Crippen LogP contribution in [0, 0.1) is 0 Å². The highest BCUT2D eigenvalue weighted by molar-refractivity contribution is 14.0. The van der Waals surface area contributed by atoms with Gasteiger partial charge in [-0.1, -0.05) is 17.7 Å². The molecule has 30 heavy (non-hydrogen) atoms. The van der Waals surface area contributed by atoms with Crippen molar-refractivity contribution < 1.29 is 14.3 Å². The van der Waals surface area contributed by atoms with Crippen LogP contribution in [-0.4, -0.2) is 80.8 Å². The lowest BCUT2D eigenvalue weighted by Gasteiger charge is -2.37. The number of rotatable bonds is 6. The van der Waals surface area contributed by atoms with E-state index in [1.807, 2.05) is 23.1 Å². The maximum absolute atomic E-state index is 12.5. The quantitative estimate of drug-likeness (QED) is 0.335. The molecule has 1 N–H and O–H groups in total. The van der Waals surface area contributed by atoms with Gasteiger partial charge in [-0.15, -0.1) is 24.0 Å². The minimum Gasteiger partial charge on any atom is -0.497 e. The molecule has 3 rings (SSSR count). The van der Waals surface area contributed by atoms with Gasteiger partial charge in [0.2, 0.25) is 0 Å². The summed E-state index contributed by atoms with van der Waals surface area (Å²) in [6, 6.07) is 5.73. The average molecular weight is 551 g/mol. The molecule has 1 atom stereocenters. The van der Waals surface area contributed by atoms with E-state index in [1.165, 1.54) is 0 Å². The highest BCUT2D eigenvalue weighted by atomic mass is 127. The molecule has 0 spiro atoms. The fourth-order valence-electron chi connectivity index (χ4n) is 3.68. The van der Waals surface area contributed by atoms with Crippen LogP contribution in [-0.2, 0) is 16.0 Å². The van der Waals surface area contributed by atoms with Gasteiger partial charge in [-0.05, 0) is 43.9 Å². The molecule has 0 radical (unpaired) electrons. The normalized spacial score (nSPS) is 19.4. The van der Waals surface area contributed by atoms with Crippen molar-refractivity contribution in [3.8, 4) is 5.75 Å². The fourth-order valence-corrected chi connectivity index (χ4v) is 3.95. The Labute approximate surface area is 201 Å². The minimum atomic E-state index is -0.238. The summed E-state index contributed by atoms with van der Waals surface area (Å²) in [6.45, 7) is 7.15. The number of carbonyl (C=O) groups is 1. The van der Waals surface area contributed by atoms with Crippen LogP contribution in [0.2, 0.25) is 5.02 Å². The molecule has 1 aromatic rings. The first kappa shape index (κ1) is 25.0. The molecular weight excluding hydrogens is 519 g/mol. The molecule has 0 aromatic heterocycles. The van der Waals surface area contributed by atoms with Gasteiger partial charge in [0.05, 0.1) is 7.11 Å². The van der Waals surface area contributed by atoms with E-state index in [1.54, 1.807) is 7.11 Å². The molecule has 2 saturated heterocycles. The highest BCUT2D eigenvalue weighted by Crippen LogP contribution is 2.22. The summed E-state index contributed by atoms with van der Waals surface area (Å²) in [6.07, 6.45) is 2.34. The van der Waals surface area contributed by atoms with Crippen LogP contribution in [0.25, 0.3) is 0 Å². The van der Waals surface area contributed by atoms with Gasteiger partial charge >= 0.3 is 0 Å². The molecule has 2 fully saturated rings. The number of ether oxygens (including phenoxy) is 2. The first-order valence-electron chi connectivity index (χ1n) is 10.4. The lowest BCUT2D eigenvalue weighted by atomic mass is 10.1. The third kappa shape index (κ3) is 6.62. The summed E-state index contributed by atoms with van der Waals surface area (Å²) in [7, 11) is 1.63. The number of piperazine rings is 1. The predicted octanol–water partition coefficient (Wildman–Crippen LogP) is 2.80. The van der Waals surface area contributed by atoms with E-state index < -0.39 is 0 Å². The van der Waals surface area contributed by atoms with Gasteiger partial charge in [0.15, 0.2) is 5.96 Å². The van der Waals surface area contributed by atoms with E-state index in [0.29, 0.717) is 31.3 Å². The van der Waals surface area contributed by atoms with E-state index in [0.717, 1.165) is 56.2 Å². The summed E-state index contributed by atoms with van der Waals surface area (Å²) in [5, 5.41) is 4.07. The van der Waals surface area contributed by atoms with E-state index in [4.69, 9.17) is 26.1 Å². The third-order valence-corrected chi connectivity index (χ3v) is 5.69. The topological polar surface area (TPSA) is 66.4 Å². The van der Waals surface area contributed by atoms with Crippen molar-refractivity contribution in [1.29, 1.82) is 0 Å². The summed E-state index contributed by atoms with van der Waals surface area (Å²) in [4.78, 5) is 21.4. The molecule has 2 aliphatic rings. The zero-order valence-corrected chi connectivity index (χ0v) is 20.8. The lowest BCUT2D eigenvalue weighted by molar-refractivity contribution is -0.142. The van der Waals surface area contributed by atoms with Crippen LogP contribution in [0.3, 0.4) is 0 Å². The molecule has 7 nitrogen and oxygen atoms in total. The van der Waals surface area contributed by atoms with Gasteiger partial charge in [0.25, 0.3) is 5.91 Å². The molecule has 2 heterocycles. The van der Waals surface area contributed by atoms with Gasteiger partial charge in [-0.25, -0.2) is 0 Å². The molecule has 168 valence electrons. The molecule has 0 bridgehead atoms. The maximum atomic E-state index is 12.5. The predicted molar refractivity (Wildman–Crippen MR) is 130 cm³/mol. The first-order valence-corrected chi connectivity index (χ1v) is 10.8. The number of nitrogens with one attached hydrogen (secondary N) is 1. The van der Waals surface area contributed by atoms with E-state index in [9.17, 15) is 4.79 Å². The SMILES string of the molecule is CCNC(=NCCc1ccc(OC)cc1Cl)N1CCN(C(=O)C2CCCO2)CC1.I. The number of methoxy groups -OCH3 is 1.